The fourth-order valence-corrected chi connectivity index (χ4v) is 1.61. The van der Waals surface area contributed by atoms with E-state index in [9.17, 15) is 0 Å². The standard InChI is InChI=1S/C13H11ClN4O/c1-19-13-17-8-11(14)12(18-13)16-7-10-4-2-9(6-15)3-5-10/h2-5,8H,7H2,1H3,(H,16,17,18). The van der Waals surface area contributed by atoms with Gasteiger partial charge < -0.3 is 10.1 Å². The first-order valence-corrected chi connectivity index (χ1v) is 5.90. The SMILES string of the molecule is COc1ncc(Cl)c(NCc2ccc(C#N)cc2)n1. The van der Waals surface area contributed by atoms with Crippen molar-refractivity contribution in [2.24, 2.45) is 0 Å². The van der Waals surface area contributed by atoms with E-state index in [-0.39, 0.29) is 6.01 Å². The van der Waals surface area contributed by atoms with Crippen LogP contribution >= 0.6 is 11.6 Å². The Morgan fingerprint density at radius 2 is 2.11 bits per heavy atom. The number of ether oxygens (including phenoxy) is 1. The molecule has 0 radical (unpaired) electrons. The maximum absolute atomic E-state index is 8.72. The van der Waals surface area contributed by atoms with E-state index in [1.54, 1.807) is 12.1 Å². The monoisotopic (exact) mass is 274 g/mol. The fraction of sp³-hybridized carbons (Fsp3) is 0.154. The quantitative estimate of drug-likeness (QED) is 0.928. The van der Waals surface area contributed by atoms with Crippen molar-refractivity contribution in [2.75, 3.05) is 12.4 Å². The molecule has 0 unspecified atom stereocenters. The van der Waals surface area contributed by atoms with Crippen LogP contribution in [0.2, 0.25) is 5.02 Å². The van der Waals surface area contributed by atoms with Crippen molar-refractivity contribution >= 4 is 17.4 Å². The molecule has 0 atom stereocenters. The lowest BCUT2D eigenvalue weighted by atomic mass is 10.1. The summed E-state index contributed by atoms with van der Waals surface area (Å²) in [5.41, 5.74) is 1.65. The minimum Gasteiger partial charge on any atom is -0.467 e. The number of anilines is 1. The Morgan fingerprint density at radius 3 is 2.74 bits per heavy atom. The molecule has 2 rings (SSSR count). The first-order valence-electron chi connectivity index (χ1n) is 5.52. The summed E-state index contributed by atoms with van der Waals surface area (Å²) in [4.78, 5) is 8.00. The molecule has 0 saturated heterocycles. The number of hydrogen-bond donors (Lipinski definition) is 1. The third-order valence-corrected chi connectivity index (χ3v) is 2.72. The van der Waals surface area contributed by atoms with Gasteiger partial charge in [-0.3, -0.25) is 0 Å². The average Bonchev–Trinajstić information content (AvgIpc) is 2.47. The van der Waals surface area contributed by atoms with Crippen molar-refractivity contribution < 1.29 is 4.74 Å². The topological polar surface area (TPSA) is 70.8 Å². The second kappa shape index (κ2) is 6.03. The Hall–Kier alpha value is -2.32. The van der Waals surface area contributed by atoms with Gasteiger partial charge in [-0.2, -0.15) is 10.2 Å². The summed E-state index contributed by atoms with van der Waals surface area (Å²) in [6.45, 7) is 0.547. The molecule has 1 aromatic heterocycles. The first kappa shape index (κ1) is 13.1. The molecule has 0 aliphatic heterocycles. The number of benzene rings is 1. The molecule has 6 heteroatoms. The number of hydrogen-bond acceptors (Lipinski definition) is 5. The predicted octanol–water partition coefficient (Wildman–Crippen LogP) is 2.62. The van der Waals surface area contributed by atoms with Gasteiger partial charge in [0, 0.05) is 6.54 Å². The van der Waals surface area contributed by atoms with Gasteiger partial charge in [0.15, 0.2) is 5.82 Å². The molecule has 0 saturated carbocycles. The smallest absolute Gasteiger partial charge is 0.318 e. The Labute approximate surface area is 115 Å². The Kier molecular flexibility index (Phi) is 4.16. The number of rotatable bonds is 4. The van der Waals surface area contributed by atoms with E-state index in [1.165, 1.54) is 13.3 Å². The molecule has 5 nitrogen and oxygen atoms in total. The van der Waals surface area contributed by atoms with E-state index in [0.717, 1.165) is 5.56 Å². The molecule has 19 heavy (non-hydrogen) atoms. The molecule has 1 aromatic carbocycles. The highest BCUT2D eigenvalue weighted by Gasteiger charge is 2.05. The van der Waals surface area contributed by atoms with Crippen LogP contribution in [0, 0.1) is 11.3 Å². The van der Waals surface area contributed by atoms with E-state index in [0.29, 0.717) is 22.9 Å². The number of methoxy groups -OCH3 is 1. The van der Waals surface area contributed by atoms with Crippen molar-refractivity contribution in [1.82, 2.24) is 9.97 Å². The van der Waals surface area contributed by atoms with Crippen LogP contribution in [0.3, 0.4) is 0 Å². The van der Waals surface area contributed by atoms with E-state index < -0.39 is 0 Å². The second-order valence-corrected chi connectivity index (χ2v) is 4.12. The molecular weight excluding hydrogens is 264 g/mol. The van der Waals surface area contributed by atoms with Crippen LogP contribution in [0.15, 0.2) is 30.5 Å². The number of halogens is 1. The fourth-order valence-electron chi connectivity index (χ4n) is 1.46. The second-order valence-electron chi connectivity index (χ2n) is 3.72. The zero-order valence-corrected chi connectivity index (χ0v) is 11.0. The van der Waals surface area contributed by atoms with Crippen molar-refractivity contribution in [1.29, 1.82) is 5.26 Å². The van der Waals surface area contributed by atoms with Crippen LogP contribution in [0.1, 0.15) is 11.1 Å². The largest absolute Gasteiger partial charge is 0.467 e. The summed E-state index contributed by atoms with van der Waals surface area (Å²) in [5.74, 6) is 0.512. The van der Waals surface area contributed by atoms with Gasteiger partial charge in [0.25, 0.3) is 0 Å². The maximum atomic E-state index is 8.72. The number of nitrogens with zero attached hydrogens (tertiary/aromatic N) is 3. The normalized spacial score (nSPS) is 9.74. The van der Waals surface area contributed by atoms with Gasteiger partial charge in [0.2, 0.25) is 0 Å². The molecule has 0 bridgehead atoms. The molecule has 0 aliphatic carbocycles. The highest BCUT2D eigenvalue weighted by molar-refractivity contribution is 6.32. The Balaban J connectivity index is 2.07. The van der Waals surface area contributed by atoms with Crippen LogP contribution in [-0.2, 0) is 6.54 Å². The van der Waals surface area contributed by atoms with Gasteiger partial charge in [-0.25, -0.2) is 4.98 Å². The van der Waals surface area contributed by atoms with Crippen LogP contribution in [-0.4, -0.2) is 17.1 Å². The average molecular weight is 275 g/mol. The lowest BCUT2D eigenvalue weighted by molar-refractivity contribution is 0.380. The summed E-state index contributed by atoms with van der Waals surface area (Å²) in [7, 11) is 1.49. The van der Waals surface area contributed by atoms with Crippen LogP contribution in [0.4, 0.5) is 5.82 Å². The van der Waals surface area contributed by atoms with E-state index in [2.05, 4.69) is 21.4 Å². The van der Waals surface area contributed by atoms with Crippen molar-refractivity contribution in [3.05, 3.63) is 46.6 Å². The first-order chi connectivity index (χ1) is 9.22. The van der Waals surface area contributed by atoms with E-state index >= 15 is 0 Å². The van der Waals surface area contributed by atoms with Gasteiger partial charge in [-0.1, -0.05) is 23.7 Å². The highest BCUT2D eigenvalue weighted by Crippen LogP contribution is 2.20. The van der Waals surface area contributed by atoms with Crippen LogP contribution < -0.4 is 10.1 Å². The molecule has 1 heterocycles. The minimum absolute atomic E-state index is 0.256. The summed E-state index contributed by atoms with van der Waals surface area (Å²) >= 11 is 5.98. The molecule has 1 N–H and O–H groups in total. The number of nitrogens with one attached hydrogen (secondary N) is 1. The predicted molar refractivity (Wildman–Crippen MR) is 72.1 cm³/mol. The molecule has 2 aromatic rings. The summed E-state index contributed by atoms with van der Waals surface area (Å²) in [6, 6.07) is 9.60. The molecule has 96 valence electrons. The Bertz CT molecular complexity index is 607. The summed E-state index contributed by atoms with van der Waals surface area (Å²) in [6.07, 6.45) is 1.48. The van der Waals surface area contributed by atoms with Crippen molar-refractivity contribution in [3.63, 3.8) is 0 Å². The van der Waals surface area contributed by atoms with Crippen LogP contribution in [0.5, 0.6) is 6.01 Å². The summed E-state index contributed by atoms with van der Waals surface area (Å²) < 4.78 is 4.94. The molecule has 0 aliphatic rings. The summed E-state index contributed by atoms with van der Waals surface area (Å²) in [5, 5.41) is 12.2. The lowest BCUT2D eigenvalue weighted by Gasteiger charge is -2.08. The highest BCUT2D eigenvalue weighted by atomic mass is 35.5. The third kappa shape index (κ3) is 3.33. The van der Waals surface area contributed by atoms with E-state index in [4.69, 9.17) is 21.6 Å². The van der Waals surface area contributed by atoms with Gasteiger partial charge in [-0.15, -0.1) is 0 Å². The van der Waals surface area contributed by atoms with Gasteiger partial charge >= 0.3 is 6.01 Å². The maximum Gasteiger partial charge on any atom is 0.318 e. The zero-order valence-electron chi connectivity index (χ0n) is 10.2. The van der Waals surface area contributed by atoms with Crippen molar-refractivity contribution in [3.8, 4) is 12.1 Å². The Morgan fingerprint density at radius 1 is 1.37 bits per heavy atom. The molecular formula is C13H11ClN4O. The lowest BCUT2D eigenvalue weighted by Crippen LogP contribution is -2.04. The molecule has 0 amide bonds. The van der Waals surface area contributed by atoms with Crippen LogP contribution in [0.25, 0.3) is 0 Å². The van der Waals surface area contributed by atoms with Crippen molar-refractivity contribution in [2.45, 2.75) is 6.54 Å². The minimum atomic E-state index is 0.256. The number of nitriles is 1. The molecule has 0 spiro atoms. The molecule has 0 fully saturated rings. The van der Waals surface area contributed by atoms with Gasteiger partial charge in [0.1, 0.15) is 5.02 Å². The van der Waals surface area contributed by atoms with Gasteiger partial charge in [-0.05, 0) is 17.7 Å². The zero-order chi connectivity index (χ0) is 13.7. The van der Waals surface area contributed by atoms with E-state index in [1.807, 2.05) is 12.1 Å². The van der Waals surface area contributed by atoms with Gasteiger partial charge in [0.05, 0.1) is 24.9 Å². The number of aromatic nitrogens is 2. The third-order valence-electron chi connectivity index (χ3n) is 2.45.